The number of rotatable bonds is 9. The van der Waals surface area contributed by atoms with Crippen LogP contribution >= 0.6 is 0 Å². The molecule has 102 heavy (non-hydrogen) atoms. The summed E-state index contributed by atoms with van der Waals surface area (Å²) in [5.41, 5.74) is 26.6. The average Bonchev–Trinajstić information content (AvgIpc) is 1.57. The predicted octanol–water partition coefficient (Wildman–Crippen LogP) is 26.4. The van der Waals surface area contributed by atoms with Gasteiger partial charge in [-0.2, -0.15) is 0 Å². The molecule has 0 radical (unpaired) electrons. The summed E-state index contributed by atoms with van der Waals surface area (Å²) in [7, 11) is 0. The van der Waals surface area contributed by atoms with E-state index in [0.717, 1.165) is 11.4 Å². The highest BCUT2D eigenvalue weighted by Crippen LogP contribution is 2.44. The third kappa shape index (κ3) is 9.68. The molecule has 0 amide bonds. The van der Waals surface area contributed by atoms with Gasteiger partial charge >= 0.3 is 0 Å². The van der Waals surface area contributed by atoms with E-state index in [0.29, 0.717) is 0 Å². The summed E-state index contributed by atoms with van der Waals surface area (Å²) < 4.78 is 9.69. The minimum atomic E-state index is 1.16. The lowest BCUT2D eigenvalue weighted by Gasteiger charge is -2.15. The minimum Gasteiger partial charge on any atom is -0.309 e. The Morgan fingerprint density at radius 2 is 0.431 bits per heavy atom. The zero-order valence-electron chi connectivity index (χ0n) is 55.7. The Bertz CT molecular complexity index is 6860. The van der Waals surface area contributed by atoms with Gasteiger partial charge in [-0.05, 0) is 176 Å². The Labute approximate surface area is 590 Å². The van der Waals surface area contributed by atoms with Crippen molar-refractivity contribution >= 4 is 109 Å². The summed E-state index contributed by atoms with van der Waals surface area (Å²) in [6.07, 6.45) is 0. The SMILES string of the molecule is c1ccc(-c2cccc(-n3c4ccccc4c4cc(-c5ccc6c(c5)c5ccccc5n6-c5ccc(-c6ccccc6)c6ccccc56)ccc43)c2)cc1.c1ccc(-c2cccc(-n3c4ccccc4c4cc(-c5ccc6c(c5)c5ccccc5n6-c5cccc6ccccc56)ccc43)c2)cc1. The lowest BCUT2D eigenvalue weighted by Crippen LogP contribution is -1.96. The second kappa shape index (κ2) is 24.2. The van der Waals surface area contributed by atoms with Crippen molar-refractivity contribution < 1.29 is 0 Å². The van der Waals surface area contributed by atoms with Gasteiger partial charge in [-0.25, -0.2) is 0 Å². The molecular weight excluding hydrogens is 1230 g/mol. The van der Waals surface area contributed by atoms with Crippen molar-refractivity contribution in [2.75, 3.05) is 0 Å². The van der Waals surface area contributed by atoms with Crippen LogP contribution in [0, 0.1) is 0 Å². The summed E-state index contributed by atoms with van der Waals surface area (Å²) in [5, 5.41) is 15.0. The van der Waals surface area contributed by atoms with E-state index in [4.69, 9.17) is 0 Å². The Balaban J connectivity index is 0.000000138. The van der Waals surface area contributed by atoms with Crippen LogP contribution in [0.1, 0.15) is 0 Å². The monoisotopic (exact) mass is 1300 g/mol. The van der Waals surface area contributed by atoms with Gasteiger partial charge in [0.25, 0.3) is 0 Å². The second-order valence-electron chi connectivity index (χ2n) is 26.7. The molecule has 4 nitrogen and oxygen atoms in total. The molecule has 4 aromatic heterocycles. The molecule has 0 aliphatic heterocycles. The molecule has 0 saturated carbocycles. The van der Waals surface area contributed by atoms with Crippen LogP contribution in [0.4, 0.5) is 0 Å². The first-order valence-corrected chi connectivity index (χ1v) is 35.1. The number of hydrogen-bond donors (Lipinski definition) is 0. The summed E-state index contributed by atoms with van der Waals surface area (Å²) >= 11 is 0. The standard InChI is InChI=1S/C52H34N2.C46H30N2/c1-3-14-35(15-4-1)37-18-13-19-40(32-37)53-48-24-11-9-22-44(48)46-33-38(26-29-51(46)53)39-27-30-52-47(34-39)45-23-10-12-25-49(45)54(52)50-31-28-41(36-16-5-2-6-17-36)42-20-7-8-21-43(42)50;1-2-12-31(13-3-1)33-16-10-17-36(28-33)47-43-21-8-6-19-38(43)40-29-34(24-26-45(40)47)35-25-27-46-41(30-35)39-20-7-9-22-44(39)48(46)42-23-11-15-32-14-4-5-18-37(32)42/h1-34H;1-30H. The Morgan fingerprint density at radius 3 is 0.873 bits per heavy atom. The number of para-hydroxylation sites is 4. The van der Waals surface area contributed by atoms with E-state index in [2.05, 4.69) is 407 Å². The van der Waals surface area contributed by atoms with Crippen LogP contribution in [0.25, 0.3) is 187 Å². The minimum absolute atomic E-state index is 1.16. The van der Waals surface area contributed by atoms with E-state index in [1.807, 2.05) is 0 Å². The van der Waals surface area contributed by atoms with Crippen LogP contribution in [0.2, 0.25) is 0 Å². The lowest BCUT2D eigenvalue weighted by atomic mass is 9.97. The molecular formula is C98H64N4. The van der Waals surface area contributed by atoms with E-state index >= 15 is 0 Å². The zero-order chi connectivity index (χ0) is 67.2. The van der Waals surface area contributed by atoms with Crippen LogP contribution < -0.4 is 0 Å². The van der Waals surface area contributed by atoms with Crippen molar-refractivity contribution in [2.24, 2.45) is 0 Å². The van der Waals surface area contributed by atoms with E-state index in [-0.39, 0.29) is 0 Å². The molecule has 476 valence electrons. The fourth-order valence-electron chi connectivity index (χ4n) is 16.3. The predicted molar refractivity (Wildman–Crippen MR) is 432 cm³/mol. The molecule has 21 rings (SSSR count). The molecule has 0 bridgehead atoms. The van der Waals surface area contributed by atoms with Crippen molar-refractivity contribution in [3.8, 4) is 78.4 Å². The van der Waals surface area contributed by atoms with Gasteiger partial charge < -0.3 is 18.3 Å². The maximum atomic E-state index is 2.45. The van der Waals surface area contributed by atoms with Gasteiger partial charge in [-0.15, -0.1) is 0 Å². The van der Waals surface area contributed by atoms with Crippen LogP contribution in [0.15, 0.2) is 388 Å². The zero-order valence-corrected chi connectivity index (χ0v) is 55.7. The van der Waals surface area contributed by atoms with Crippen molar-refractivity contribution in [3.05, 3.63) is 388 Å². The van der Waals surface area contributed by atoms with Crippen LogP contribution in [-0.4, -0.2) is 18.3 Å². The van der Waals surface area contributed by atoms with E-state index in [1.54, 1.807) is 0 Å². The number of fused-ring (bicyclic) bond motifs is 14. The van der Waals surface area contributed by atoms with E-state index < -0.39 is 0 Å². The van der Waals surface area contributed by atoms with Crippen molar-refractivity contribution in [3.63, 3.8) is 0 Å². The highest BCUT2D eigenvalue weighted by Gasteiger charge is 2.21. The molecule has 4 heteroatoms. The van der Waals surface area contributed by atoms with Crippen LogP contribution in [0.5, 0.6) is 0 Å². The highest BCUT2D eigenvalue weighted by molar-refractivity contribution is 6.16. The summed E-state index contributed by atoms with van der Waals surface area (Å²) in [5.74, 6) is 0. The van der Waals surface area contributed by atoms with Gasteiger partial charge in [0, 0.05) is 65.2 Å². The lowest BCUT2D eigenvalue weighted by molar-refractivity contribution is 1.18. The van der Waals surface area contributed by atoms with Crippen molar-refractivity contribution in [2.45, 2.75) is 0 Å². The maximum absolute atomic E-state index is 2.45. The van der Waals surface area contributed by atoms with Crippen molar-refractivity contribution in [1.82, 2.24) is 18.3 Å². The first-order chi connectivity index (χ1) is 50.6. The number of nitrogens with zero attached hydrogens (tertiary/aromatic N) is 4. The van der Waals surface area contributed by atoms with E-state index in [1.165, 1.54) is 176 Å². The molecule has 0 saturated heterocycles. The van der Waals surface area contributed by atoms with Gasteiger partial charge in [-0.3, -0.25) is 0 Å². The number of aromatic nitrogens is 4. The Hall–Kier alpha value is -13.5. The van der Waals surface area contributed by atoms with Gasteiger partial charge in [0.1, 0.15) is 0 Å². The first kappa shape index (κ1) is 58.6. The third-order valence-corrected chi connectivity index (χ3v) is 21.0. The highest BCUT2D eigenvalue weighted by atomic mass is 15.0. The molecule has 4 heterocycles. The molecule has 17 aromatic carbocycles. The summed E-state index contributed by atoms with van der Waals surface area (Å²) in [6, 6.07) is 141. The third-order valence-electron chi connectivity index (χ3n) is 21.0. The van der Waals surface area contributed by atoms with E-state index in [9.17, 15) is 0 Å². The summed E-state index contributed by atoms with van der Waals surface area (Å²) in [6.45, 7) is 0. The molecule has 0 unspecified atom stereocenters. The summed E-state index contributed by atoms with van der Waals surface area (Å²) in [4.78, 5) is 0. The van der Waals surface area contributed by atoms with Gasteiger partial charge in [0.2, 0.25) is 0 Å². The average molecular weight is 1300 g/mol. The van der Waals surface area contributed by atoms with Crippen LogP contribution in [0.3, 0.4) is 0 Å². The Kier molecular flexibility index (Phi) is 13.9. The van der Waals surface area contributed by atoms with Gasteiger partial charge in [0.15, 0.2) is 0 Å². The first-order valence-electron chi connectivity index (χ1n) is 35.1. The van der Waals surface area contributed by atoms with Crippen LogP contribution in [-0.2, 0) is 0 Å². The molecule has 21 aromatic rings. The molecule has 0 aliphatic rings. The fraction of sp³-hybridized carbons (Fsp3) is 0. The molecule has 0 fully saturated rings. The second-order valence-corrected chi connectivity index (χ2v) is 26.7. The van der Waals surface area contributed by atoms with Gasteiger partial charge in [-0.1, -0.05) is 279 Å². The normalized spacial score (nSPS) is 11.7. The molecule has 0 atom stereocenters. The number of hydrogen-bond acceptors (Lipinski definition) is 0. The topological polar surface area (TPSA) is 19.7 Å². The molecule has 0 N–H and O–H groups in total. The Morgan fingerprint density at radius 1 is 0.137 bits per heavy atom. The smallest absolute Gasteiger partial charge is 0.0541 e. The van der Waals surface area contributed by atoms with Crippen molar-refractivity contribution in [1.29, 1.82) is 0 Å². The molecule has 0 spiro atoms. The molecule has 0 aliphatic carbocycles. The number of benzene rings is 17. The quantitative estimate of drug-likeness (QED) is 0.137. The largest absolute Gasteiger partial charge is 0.309 e. The van der Waals surface area contributed by atoms with Gasteiger partial charge in [0.05, 0.1) is 55.5 Å². The maximum Gasteiger partial charge on any atom is 0.0541 e. The fourth-order valence-corrected chi connectivity index (χ4v) is 16.3.